The largest absolute Gasteiger partial charge is 0.315 e. The monoisotopic (exact) mass is 211 g/mol. The first-order valence-corrected chi connectivity index (χ1v) is 5.61. The first-order valence-electron chi connectivity index (χ1n) is 5.61. The molecule has 1 amide bonds. The highest BCUT2D eigenvalue weighted by Gasteiger charge is 2.25. The maximum Gasteiger partial charge on any atom is 0.258 e. The summed E-state index contributed by atoms with van der Waals surface area (Å²) >= 11 is 0. The molecular weight excluding hydrogens is 198 g/mol. The zero-order chi connectivity index (χ0) is 11.0. The molecule has 2 bridgehead atoms. The van der Waals surface area contributed by atoms with E-state index in [1.807, 2.05) is 41.5 Å². The fourth-order valence-corrected chi connectivity index (χ4v) is 2.40. The average molecular weight is 211 g/mol. The summed E-state index contributed by atoms with van der Waals surface area (Å²) in [5, 5.41) is 0. The molecule has 0 aromatic heterocycles. The van der Waals surface area contributed by atoms with Gasteiger partial charge in [0.15, 0.2) is 0 Å². The lowest BCUT2D eigenvalue weighted by atomic mass is 9.92. The first-order chi connectivity index (χ1) is 7.86. The van der Waals surface area contributed by atoms with E-state index in [9.17, 15) is 4.79 Å². The van der Waals surface area contributed by atoms with Crippen LogP contribution in [-0.2, 0) is 0 Å². The lowest BCUT2D eigenvalue weighted by Crippen LogP contribution is -2.25. The van der Waals surface area contributed by atoms with Gasteiger partial charge in [-0.15, -0.1) is 0 Å². The van der Waals surface area contributed by atoms with Crippen molar-refractivity contribution in [1.29, 1.82) is 0 Å². The highest BCUT2D eigenvalue weighted by molar-refractivity contribution is 5.97. The number of allylic oxidation sites excluding steroid dienone is 3. The van der Waals surface area contributed by atoms with Gasteiger partial charge in [-0.25, -0.2) is 0 Å². The number of fused-ring (bicyclic) bond motifs is 5. The van der Waals surface area contributed by atoms with Crippen molar-refractivity contribution in [2.75, 3.05) is 6.54 Å². The Labute approximate surface area is 94.9 Å². The number of carbonyl (C=O) groups excluding carboxylic acids is 1. The van der Waals surface area contributed by atoms with Gasteiger partial charge in [0.25, 0.3) is 5.91 Å². The van der Waals surface area contributed by atoms with E-state index in [2.05, 4.69) is 12.1 Å². The molecule has 2 aliphatic heterocycles. The summed E-state index contributed by atoms with van der Waals surface area (Å²) < 4.78 is 0. The number of nitrogens with zero attached hydrogens (tertiary/aromatic N) is 1. The first kappa shape index (κ1) is 9.40. The molecule has 0 saturated carbocycles. The molecule has 0 fully saturated rings. The zero-order valence-electron chi connectivity index (χ0n) is 8.97. The van der Waals surface area contributed by atoms with Crippen molar-refractivity contribution in [2.24, 2.45) is 0 Å². The maximum absolute atomic E-state index is 12.2. The van der Waals surface area contributed by atoms with Crippen LogP contribution in [0.5, 0.6) is 0 Å². The summed E-state index contributed by atoms with van der Waals surface area (Å²) in [5.41, 5.74) is 2.01. The van der Waals surface area contributed by atoms with Gasteiger partial charge < -0.3 is 4.90 Å². The van der Waals surface area contributed by atoms with E-state index in [1.54, 1.807) is 0 Å². The number of rotatable bonds is 0. The van der Waals surface area contributed by atoms with Gasteiger partial charge in [-0.05, 0) is 24.1 Å². The van der Waals surface area contributed by atoms with E-state index in [0.717, 1.165) is 24.1 Å². The van der Waals surface area contributed by atoms with Gasteiger partial charge >= 0.3 is 0 Å². The van der Waals surface area contributed by atoms with Crippen LogP contribution < -0.4 is 0 Å². The van der Waals surface area contributed by atoms with Gasteiger partial charge in [0.1, 0.15) is 0 Å². The second-order valence-electron chi connectivity index (χ2n) is 4.21. The van der Waals surface area contributed by atoms with Crippen molar-refractivity contribution >= 4 is 5.91 Å². The van der Waals surface area contributed by atoms with Crippen LogP contribution in [0.1, 0.15) is 28.3 Å². The Balaban J connectivity index is 2.22. The highest BCUT2D eigenvalue weighted by Crippen LogP contribution is 2.30. The van der Waals surface area contributed by atoms with Crippen molar-refractivity contribution in [3.8, 4) is 0 Å². The Morgan fingerprint density at radius 1 is 1.19 bits per heavy atom. The SMILES string of the molecule is O=C1c2ccccc2[C@@H]2/C=C\C=C/N1CC2. The second-order valence-corrected chi connectivity index (χ2v) is 4.21. The quantitative estimate of drug-likeness (QED) is 0.646. The third-order valence-electron chi connectivity index (χ3n) is 3.25. The molecule has 1 atom stereocenters. The van der Waals surface area contributed by atoms with E-state index in [4.69, 9.17) is 0 Å². The van der Waals surface area contributed by atoms with Crippen molar-refractivity contribution in [2.45, 2.75) is 12.3 Å². The lowest BCUT2D eigenvalue weighted by Gasteiger charge is -2.16. The van der Waals surface area contributed by atoms with E-state index in [0.29, 0.717) is 5.92 Å². The number of benzene rings is 1. The number of hydrogen-bond donors (Lipinski definition) is 0. The Bertz CT molecular complexity index is 487. The Kier molecular flexibility index (Phi) is 2.13. The molecule has 0 aliphatic carbocycles. The highest BCUT2D eigenvalue weighted by atomic mass is 16.2. The fraction of sp³-hybridized carbons (Fsp3) is 0.214. The minimum absolute atomic E-state index is 0.123. The smallest absolute Gasteiger partial charge is 0.258 e. The van der Waals surface area contributed by atoms with Crippen LogP contribution in [0.2, 0.25) is 0 Å². The van der Waals surface area contributed by atoms with Crippen LogP contribution in [-0.4, -0.2) is 17.4 Å². The molecule has 0 saturated heterocycles. The molecule has 2 heteroatoms. The molecule has 0 spiro atoms. The molecule has 2 nitrogen and oxygen atoms in total. The van der Waals surface area contributed by atoms with Crippen molar-refractivity contribution in [3.63, 3.8) is 0 Å². The molecule has 1 aromatic carbocycles. The fourth-order valence-electron chi connectivity index (χ4n) is 2.40. The third kappa shape index (κ3) is 1.38. The van der Waals surface area contributed by atoms with Crippen LogP contribution in [0.3, 0.4) is 0 Å². The van der Waals surface area contributed by atoms with E-state index in [1.165, 1.54) is 0 Å². The topological polar surface area (TPSA) is 20.3 Å². The van der Waals surface area contributed by atoms with Crippen molar-refractivity contribution in [3.05, 3.63) is 59.8 Å². The summed E-state index contributed by atoms with van der Waals surface area (Å²) in [6, 6.07) is 7.93. The molecule has 2 aliphatic rings. The third-order valence-corrected chi connectivity index (χ3v) is 3.25. The van der Waals surface area contributed by atoms with Gasteiger partial charge in [0, 0.05) is 24.2 Å². The molecule has 80 valence electrons. The summed E-state index contributed by atoms with van der Waals surface area (Å²) in [4.78, 5) is 14.1. The normalized spacial score (nSPS) is 26.6. The molecule has 0 radical (unpaired) electrons. The second kappa shape index (κ2) is 3.63. The van der Waals surface area contributed by atoms with Gasteiger partial charge in [0.2, 0.25) is 0 Å². The minimum Gasteiger partial charge on any atom is -0.315 e. The van der Waals surface area contributed by atoms with Gasteiger partial charge in [-0.3, -0.25) is 4.79 Å². The van der Waals surface area contributed by atoms with Gasteiger partial charge in [0.05, 0.1) is 0 Å². The predicted molar refractivity (Wildman–Crippen MR) is 63.1 cm³/mol. The zero-order valence-corrected chi connectivity index (χ0v) is 8.97. The minimum atomic E-state index is 0.123. The Morgan fingerprint density at radius 2 is 2.06 bits per heavy atom. The number of hydrogen-bond acceptors (Lipinski definition) is 1. The number of amides is 1. The maximum atomic E-state index is 12.2. The molecular formula is C14H13NO. The van der Waals surface area contributed by atoms with E-state index in [-0.39, 0.29) is 5.91 Å². The molecule has 0 N–H and O–H groups in total. The predicted octanol–water partition coefficient (Wildman–Crippen LogP) is 2.70. The average Bonchev–Trinajstić information content (AvgIpc) is 2.36. The summed E-state index contributed by atoms with van der Waals surface area (Å²) in [6.07, 6.45) is 9.04. The van der Waals surface area contributed by atoms with Crippen LogP contribution >= 0.6 is 0 Å². The number of carbonyl (C=O) groups is 1. The van der Waals surface area contributed by atoms with Crippen LogP contribution in [0, 0.1) is 0 Å². The van der Waals surface area contributed by atoms with E-state index < -0.39 is 0 Å². The van der Waals surface area contributed by atoms with Gasteiger partial charge in [-0.2, -0.15) is 0 Å². The van der Waals surface area contributed by atoms with Crippen LogP contribution in [0.25, 0.3) is 0 Å². The van der Waals surface area contributed by atoms with E-state index >= 15 is 0 Å². The summed E-state index contributed by atoms with van der Waals surface area (Å²) in [7, 11) is 0. The van der Waals surface area contributed by atoms with Gasteiger partial charge in [-0.1, -0.05) is 30.4 Å². The molecule has 1 aromatic rings. The summed E-state index contributed by atoms with van der Waals surface area (Å²) in [6.45, 7) is 0.805. The van der Waals surface area contributed by atoms with Crippen LogP contribution in [0.15, 0.2) is 48.7 Å². The van der Waals surface area contributed by atoms with Crippen molar-refractivity contribution < 1.29 is 4.79 Å². The standard InChI is InChI=1S/C14H13NO/c16-14-13-7-2-1-6-12(13)11-5-3-4-9-15(14)10-8-11/h1-7,9,11H,8,10H2/b5-3-,9-4-/t11-/m1/s1. The Morgan fingerprint density at radius 3 is 3.00 bits per heavy atom. The Hall–Kier alpha value is -1.83. The molecule has 16 heavy (non-hydrogen) atoms. The molecule has 2 heterocycles. The summed E-state index contributed by atoms with van der Waals surface area (Å²) in [5.74, 6) is 0.494. The van der Waals surface area contributed by atoms with Crippen LogP contribution in [0.4, 0.5) is 0 Å². The molecule has 3 rings (SSSR count). The van der Waals surface area contributed by atoms with Crippen molar-refractivity contribution in [1.82, 2.24) is 4.90 Å². The molecule has 0 unspecified atom stereocenters. The lowest BCUT2D eigenvalue weighted by molar-refractivity contribution is 0.0826.